The smallest absolute Gasteiger partial charge is 0.335 e. The lowest BCUT2D eigenvalue weighted by Crippen LogP contribution is -2.17. The predicted octanol–water partition coefficient (Wildman–Crippen LogP) is 2.58. The second-order valence-corrected chi connectivity index (χ2v) is 4.52. The highest BCUT2D eigenvalue weighted by atomic mass is 32.1. The first kappa shape index (κ1) is 14.8. The summed E-state index contributed by atoms with van der Waals surface area (Å²) in [6, 6.07) is 10.4. The van der Waals surface area contributed by atoms with Crippen LogP contribution in [0.5, 0.6) is 0 Å². The van der Waals surface area contributed by atoms with Gasteiger partial charge >= 0.3 is 11.6 Å². The molecule has 4 heteroatoms. The average molecular weight is 266 g/mol. The summed E-state index contributed by atoms with van der Waals surface area (Å²) in [7, 11) is 0. The Balaban J connectivity index is 0.000000492. The van der Waals surface area contributed by atoms with Gasteiger partial charge in [0.25, 0.3) is 0 Å². The van der Waals surface area contributed by atoms with Gasteiger partial charge in [0.1, 0.15) is 0 Å². The fourth-order valence-corrected chi connectivity index (χ4v) is 2.24. The Labute approximate surface area is 111 Å². The van der Waals surface area contributed by atoms with Gasteiger partial charge in [0.2, 0.25) is 0 Å². The molecule has 2 rings (SSSR count). The molecule has 1 aliphatic carbocycles. The lowest BCUT2D eigenvalue weighted by atomic mass is 9.90. The molecule has 0 aromatic heterocycles. The Hall–Kier alpha value is -1.26. The standard InChI is InChI=1S/C14H18O.O2S/c1-11-13(9-5-6-10-14(11)15)12-7-3-2-4-8-12;1-3-2/h2-4,7-9,11,14-15H,5-6,10H2,1H3;/t11-,14-;/m1./s1. The third kappa shape index (κ3) is 4.20. The number of aliphatic hydroxyl groups excluding tert-OH is 1. The van der Waals surface area contributed by atoms with E-state index < -0.39 is 11.6 Å². The number of benzene rings is 1. The molecule has 0 aliphatic heterocycles. The number of hydrogen-bond donors (Lipinski definition) is 1. The van der Waals surface area contributed by atoms with Crippen LogP contribution < -0.4 is 0 Å². The van der Waals surface area contributed by atoms with E-state index in [1.807, 2.05) is 6.07 Å². The molecular weight excluding hydrogens is 248 g/mol. The van der Waals surface area contributed by atoms with Crippen molar-refractivity contribution < 1.29 is 13.5 Å². The Bertz CT molecular complexity index is 422. The molecule has 0 radical (unpaired) electrons. The van der Waals surface area contributed by atoms with Crippen LogP contribution in [0.25, 0.3) is 5.57 Å². The number of hydrogen-bond acceptors (Lipinski definition) is 3. The maximum absolute atomic E-state index is 9.95. The van der Waals surface area contributed by atoms with Crippen molar-refractivity contribution in [3.05, 3.63) is 42.0 Å². The average Bonchev–Trinajstić information content (AvgIpc) is 2.55. The van der Waals surface area contributed by atoms with E-state index >= 15 is 0 Å². The number of rotatable bonds is 1. The first-order valence-electron chi connectivity index (χ1n) is 6.06. The van der Waals surface area contributed by atoms with Gasteiger partial charge in [0.15, 0.2) is 0 Å². The van der Waals surface area contributed by atoms with Crippen molar-refractivity contribution >= 4 is 17.1 Å². The number of aliphatic hydroxyl groups is 1. The Morgan fingerprint density at radius 3 is 2.44 bits per heavy atom. The molecule has 0 fully saturated rings. The van der Waals surface area contributed by atoms with Crippen molar-refractivity contribution in [2.45, 2.75) is 32.3 Å². The minimum absolute atomic E-state index is 0.182. The summed E-state index contributed by atoms with van der Waals surface area (Å²) in [5, 5.41) is 9.95. The molecule has 0 amide bonds. The molecular formula is C14H18O3S. The summed E-state index contributed by atoms with van der Waals surface area (Å²) in [5.74, 6) is 0.259. The molecule has 0 saturated carbocycles. The Kier molecular flexibility index (Phi) is 6.54. The highest BCUT2D eigenvalue weighted by Crippen LogP contribution is 2.31. The first-order valence-corrected chi connectivity index (χ1v) is 6.72. The van der Waals surface area contributed by atoms with Crippen LogP contribution in [0.2, 0.25) is 0 Å². The lowest BCUT2D eigenvalue weighted by molar-refractivity contribution is 0.132. The highest BCUT2D eigenvalue weighted by molar-refractivity contribution is 7.51. The normalized spacial score (nSPS) is 23.1. The van der Waals surface area contributed by atoms with Gasteiger partial charge in [-0.05, 0) is 30.4 Å². The molecule has 1 aromatic carbocycles. The van der Waals surface area contributed by atoms with E-state index in [-0.39, 0.29) is 12.0 Å². The second kappa shape index (κ2) is 7.95. The summed E-state index contributed by atoms with van der Waals surface area (Å²) in [6.45, 7) is 2.12. The fraction of sp³-hybridized carbons (Fsp3) is 0.429. The largest absolute Gasteiger partial charge is 0.393 e. The van der Waals surface area contributed by atoms with E-state index in [0.29, 0.717) is 0 Å². The lowest BCUT2D eigenvalue weighted by Gasteiger charge is -2.19. The predicted molar refractivity (Wildman–Crippen MR) is 72.4 cm³/mol. The molecule has 1 N–H and O–H groups in total. The van der Waals surface area contributed by atoms with Gasteiger partial charge in [-0.2, -0.15) is 8.42 Å². The topological polar surface area (TPSA) is 54.4 Å². The Morgan fingerprint density at radius 1 is 1.22 bits per heavy atom. The van der Waals surface area contributed by atoms with Crippen molar-refractivity contribution in [1.82, 2.24) is 0 Å². The summed E-state index contributed by atoms with van der Waals surface area (Å²) in [6.07, 6.45) is 5.22. The zero-order chi connectivity index (χ0) is 13.4. The molecule has 3 nitrogen and oxygen atoms in total. The summed E-state index contributed by atoms with van der Waals surface area (Å²) in [4.78, 5) is 0. The van der Waals surface area contributed by atoms with Crippen LogP contribution in [0.3, 0.4) is 0 Å². The molecule has 0 spiro atoms. The van der Waals surface area contributed by atoms with Crippen molar-refractivity contribution in [1.29, 1.82) is 0 Å². The molecule has 1 aliphatic rings. The molecule has 18 heavy (non-hydrogen) atoms. The maximum Gasteiger partial charge on any atom is 0.335 e. The molecule has 0 heterocycles. The van der Waals surface area contributed by atoms with Crippen LogP contribution >= 0.6 is 0 Å². The molecule has 98 valence electrons. The minimum Gasteiger partial charge on any atom is -0.393 e. The first-order chi connectivity index (χ1) is 8.70. The summed E-state index contributed by atoms with van der Waals surface area (Å²) in [5.41, 5.74) is 2.56. The minimum atomic E-state index is -0.750. The van der Waals surface area contributed by atoms with Crippen molar-refractivity contribution in [3.8, 4) is 0 Å². The van der Waals surface area contributed by atoms with E-state index in [0.717, 1.165) is 19.3 Å². The fourth-order valence-electron chi connectivity index (χ4n) is 2.24. The SMILES string of the molecule is C[C@@H]1C(c2ccccc2)=CCCC[C@H]1O.O=S=O. The van der Waals surface area contributed by atoms with Gasteiger partial charge in [-0.1, -0.05) is 43.3 Å². The molecule has 0 saturated heterocycles. The summed E-state index contributed by atoms with van der Waals surface area (Å²) < 4.78 is 16.6. The van der Waals surface area contributed by atoms with Crippen LogP contribution in [0.15, 0.2) is 36.4 Å². The quantitative estimate of drug-likeness (QED) is 0.850. The second-order valence-electron chi connectivity index (χ2n) is 4.38. The van der Waals surface area contributed by atoms with Gasteiger partial charge < -0.3 is 5.11 Å². The van der Waals surface area contributed by atoms with Gasteiger partial charge in [0.05, 0.1) is 6.10 Å². The van der Waals surface area contributed by atoms with E-state index in [2.05, 4.69) is 37.3 Å². The molecule has 0 unspecified atom stereocenters. The zero-order valence-corrected chi connectivity index (χ0v) is 11.2. The highest BCUT2D eigenvalue weighted by Gasteiger charge is 2.21. The van der Waals surface area contributed by atoms with Crippen LogP contribution in [0.1, 0.15) is 31.7 Å². The molecule has 0 bridgehead atoms. The van der Waals surface area contributed by atoms with Crippen LogP contribution in [-0.2, 0) is 11.6 Å². The van der Waals surface area contributed by atoms with E-state index in [1.54, 1.807) is 0 Å². The monoisotopic (exact) mass is 266 g/mol. The van der Waals surface area contributed by atoms with E-state index in [4.69, 9.17) is 8.42 Å². The molecule has 2 atom stereocenters. The maximum atomic E-state index is 9.95. The zero-order valence-electron chi connectivity index (χ0n) is 10.4. The summed E-state index contributed by atoms with van der Waals surface area (Å²) >= 11 is -0.750. The number of allylic oxidation sites excluding steroid dienone is 1. The molecule has 1 aromatic rings. The van der Waals surface area contributed by atoms with E-state index in [1.165, 1.54) is 11.1 Å². The van der Waals surface area contributed by atoms with Gasteiger partial charge in [-0.15, -0.1) is 0 Å². The van der Waals surface area contributed by atoms with Crippen molar-refractivity contribution in [3.63, 3.8) is 0 Å². The third-order valence-corrected chi connectivity index (χ3v) is 3.24. The van der Waals surface area contributed by atoms with Gasteiger partial charge in [-0.25, -0.2) is 0 Å². The van der Waals surface area contributed by atoms with Crippen molar-refractivity contribution in [2.24, 2.45) is 5.92 Å². The van der Waals surface area contributed by atoms with Crippen molar-refractivity contribution in [2.75, 3.05) is 0 Å². The Morgan fingerprint density at radius 2 is 1.83 bits per heavy atom. The van der Waals surface area contributed by atoms with Crippen LogP contribution in [0, 0.1) is 5.92 Å². The van der Waals surface area contributed by atoms with Crippen LogP contribution in [-0.4, -0.2) is 19.6 Å². The van der Waals surface area contributed by atoms with E-state index in [9.17, 15) is 5.11 Å². The third-order valence-electron chi connectivity index (χ3n) is 3.24. The van der Waals surface area contributed by atoms with Gasteiger partial charge in [0, 0.05) is 5.92 Å². The van der Waals surface area contributed by atoms with Crippen LogP contribution in [0.4, 0.5) is 0 Å². The van der Waals surface area contributed by atoms with Gasteiger partial charge in [-0.3, -0.25) is 0 Å².